The molecule has 8 rings (SSSR count). The van der Waals surface area contributed by atoms with Gasteiger partial charge >= 0.3 is 0 Å². The lowest BCUT2D eigenvalue weighted by Gasteiger charge is -2.13. The Kier molecular flexibility index (Phi) is 7.60. The summed E-state index contributed by atoms with van der Waals surface area (Å²) in [7, 11) is 0. The molecular weight excluding hydrogens is 690 g/mol. The maximum atomic E-state index is 12.5. The van der Waals surface area contributed by atoms with E-state index in [0.717, 1.165) is 60.6 Å². The second-order valence-corrected chi connectivity index (χ2v) is 15.5. The minimum Gasteiger partial charge on any atom is -0.341 e. The van der Waals surface area contributed by atoms with E-state index in [0.29, 0.717) is 36.2 Å². The Balaban J connectivity index is 0.000000152. The Hall–Kier alpha value is -4.08. The van der Waals surface area contributed by atoms with Crippen LogP contribution in [-0.2, 0) is 10.8 Å². The fraction of sp³-hybridized carbons (Fsp3) is 0.222. The molecule has 0 fully saturated rings. The molecule has 4 aromatic heterocycles. The molecule has 4 heterocycles. The van der Waals surface area contributed by atoms with E-state index in [1.807, 2.05) is 18.2 Å². The number of H-pyrrole nitrogens is 4. The van der Waals surface area contributed by atoms with Crippen molar-refractivity contribution in [2.45, 2.75) is 52.4 Å². The number of hydrogen-bond donors (Lipinski definition) is 4. The number of fused-ring (bicyclic) bond motifs is 12. The highest BCUT2D eigenvalue weighted by molar-refractivity contribution is 6.48. The normalized spacial score (nSPS) is 12.5. The number of halogens is 4. The highest BCUT2D eigenvalue weighted by Crippen LogP contribution is 2.40. The Morgan fingerprint density at radius 1 is 0.542 bits per heavy atom. The molecule has 0 amide bonds. The average molecular weight is 720 g/mol. The zero-order valence-corrected chi connectivity index (χ0v) is 29.9. The van der Waals surface area contributed by atoms with Crippen LogP contribution in [0.25, 0.3) is 65.2 Å². The third-order valence-electron chi connectivity index (χ3n) is 8.47. The monoisotopic (exact) mass is 718 g/mol. The molecule has 0 atom stereocenters. The maximum absolute atomic E-state index is 12.5. The molecule has 48 heavy (non-hydrogen) atoms. The van der Waals surface area contributed by atoms with Gasteiger partial charge in [-0.1, -0.05) is 94.0 Å². The Bertz CT molecular complexity index is 2690. The second-order valence-electron chi connectivity index (χ2n) is 13.9. The van der Waals surface area contributed by atoms with E-state index in [9.17, 15) is 9.59 Å². The first-order valence-electron chi connectivity index (χ1n) is 15.2. The third kappa shape index (κ3) is 5.13. The number of hydrogen-bond acceptors (Lipinski definition) is 4. The largest absolute Gasteiger partial charge is 0.341 e. The summed E-state index contributed by atoms with van der Waals surface area (Å²) in [6, 6.07) is 10.9. The standard InChI is InChI=1S/2C18H15Cl2N3O/c1-18(2,3)17-22-14-8-4-5-21-16(24)13(8)9-6-11(19)12(20)7-10(9)15(14)23-17;1-18(2,3)17-22-14-8-4-5-10(19)13(20)11(8)12-9(15(14)23-17)6-7-21-16(12)24/h2*4-7H,1-3H3,(H,21,24)(H,22,23). The minimum absolute atomic E-state index is 0.144. The summed E-state index contributed by atoms with van der Waals surface area (Å²) in [5.41, 5.74) is 2.63. The molecule has 0 aliphatic heterocycles. The first-order valence-corrected chi connectivity index (χ1v) is 16.7. The van der Waals surface area contributed by atoms with Crippen LogP contribution in [0.1, 0.15) is 53.2 Å². The molecule has 8 aromatic rings. The zero-order chi connectivity index (χ0) is 34.4. The lowest BCUT2D eigenvalue weighted by molar-refractivity contribution is 0.554. The Morgan fingerprint density at radius 3 is 1.56 bits per heavy atom. The molecule has 0 saturated carbocycles. The fourth-order valence-electron chi connectivity index (χ4n) is 6.07. The molecule has 12 heteroatoms. The summed E-state index contributed by atoms with van der Waals surface area (Å²) in [6.07, 6.45) is 3.27. The molecule has 0 unspecified atom stereocenters. The van der Waals surface area contributed by atoms with Crippen LogP contribution in [-0.4, -0.2) is 29.9 Å². The van der Waals surface area contributed by atoms with Gasteiger partial charge in [-0.2, -0.15) is 0 Å². The molecule has 0 aliphatic carbocycles. The molecular formula is C36H30Cl4N6O2. The number of aromatic amines is 4. The van der Waals surface area contributed by atoms with Crippen LogP contribution in [0.3, 0.4) is 0 Å². The average Bonchev–Trinajstić information content (AvgIpc) is 3.67. The molecule has 0 aliphatic rings. The molecule has 0 spiro atoms. The number of pyridine rings is 2. The van der Waals surface area contributed by atoms with Gasteiger partial charge in [0.05, 0.1) is 52.9 Å². The minimum atomic E-state index is -0.199. The van der Waals surface area contributed by atoms with Crippen molar-refractivity contribution in [1.82, 2.24) is 29.9 Å². The molecule has 0 radical (unpaired) electrons. The zero-order valence-electron chi connectivity index (χ0n) is 26.8. The van der Waals surface area contributed by atoms with Crippen molar-refractivity contribution in [2.24, 2.45) is 0 Å². The summed E-state index contributed by atoms with van der Waals surface area (Å²) < 4.78 is 0. The Labute approximate surface area is 293 Å². The quantitative estimate of drug-likeness (QED) is 0.116. The van der Waals surface area contributed by atoms with Gasteiger partial charge in [-0.05, 0) is 35.7 Å². The van der Waals surface area contributed by atoms with Crippen LogP contribution in [0.4, 0.5) is 0 Å². The van der Waals surface area contributed by atoms with Crippen molar-refractivity contribution < 1.29 is 0 Å². The van der Waals surface area contributed by atoms with E-state index in [1.54, 1.807) is 30.6 Å². The van der Waals surface area contributed by atoms with Gasteiger partial charge in [0.25, 0.3) is 11.1 Å². The summed E-state index contributed by atoms with van der Waals surface area (Å²) >= 11 is 25.1. The number of rotatable bonds is 0. The highest BCUT2D eigenvalue weighted by Gasteiger charge is 2.24. The van der Waals surface area contributed by atoms with Gasteiger partial charge in [-0.15, -0.1) is 0 Å². The number of nitrogens with one attached hydrogen (secondary N) is 4. The fourth-order valence-corrected chi connectivity index (χ4v) is 6.81. The number of imidazole rings is 2. The van der Waals surface area contributed by atoms with Gasteiger partial charge in [0.2, 0.25) is 0 Å². The van der Waals surface area contributed by atoms with Gasteiger partial charge in [-0.3, -0.25) is 9.59 Å². The number of nitrogens with zero attached hydrogens (tertiary/aromatic N) is 2. The van der Waals surface area contributed by atoms with E-state index in [2.05, 4.69) is 61.5 Å². The number of benzene rings is 4. The lowest BCUT2D eigenvalue weighted by Crippen LogP contribution is -2.13. The predicted octanol–water partition coefficient (Wildman–Crippen LogP) is 10.3. The summed E-state index contributed by atoms with van der Waals surface area (Å²) in [6.45, 7) is 12.5. The van der Waals surface area contributed by atoms with E-state index in [-0.39, 0.29) is 21.9 Å². The maximum Gasteiger partial charge on any atom is 0.256 e. The summed E-state index contributed by atoms with van der Waals surface area (Å²) in [4.78, 5) is 46.8. The van der Waals surface area contributed by atoms with Gasteiger partial charge in [-0.25, -0.2) is 9.97 Å². The first-order chi connectivity index (χ1) is 22.6. The van der Waals surface area contributed by atoms with E-state index >= 15 is 0 Å². The van der Waals surface area contributed by atoms with Gasteiger partial charge in [0.1, 0.15) is 11.6 Å². The SMILES string of the molecule is CC(C)(C)c1nc2c3cc(Cl)c(Cl)cc3c3c(=O)[nH]ccc3c2[nH]1.CC(C)(C)c1nc2c3ccc(Cl)c(Cl)c3c3c(=O)[nH]ccc3c2[nH]1. The van der Waals surface area contributed by atoms with Crippen molar-refractivity contribution in [3.63, 3.8) is 0 Å². The van der Waals surface area contributed by atoms with Crippen LogP contribution in [0.2, 0.25) is 20.1 Å². The topological polar surface area (TPSA) is 123 Å². The Morgan fingerprint density at radius 2 is 1.02 bits per heavy atom. The second kappa shape index (κ2) is 11.2. The molecule has 0 bridgehead atoms. The summed E-state index contributed by atoms with van der Waals surface area (Å²) in [5.74, 6) is 1.72. The van der Waals surface area contributed by atoms with Gasteiger partial charge in [0.15, 0.2) is 0 Å². The predicted molar refractivity (Wildman–Crippen MR) is 201 cm³/mol. The van der Waals surface area contributed by atoms with Crippen molar-refractivity contribution in [3.8, 4) is 0 Å². The van der Waals surface area contributed by atoms with E-state index in [1.165, 1.54) is 0 Å². The highest BCUT2D eigenvalue weighted by atomic mass is 35.5. The van der Waals surface area contributed by atoms with Crippen LogP contribution in [0, 0.1) is 0 Å². The molecule has 8 nitrogen and oxygen atoms in total. The van der Waals surface area contributed by atoms with Gasteiger partial charge < -0.3 is 19.9 Å². The van der Waals surface area contributed by atoms with Crippen LogP contribution >= 0.6 is 46.4 Å². The van der Waals surface area contributed by atoms with Gasteiger partial charge in [0, 0.05) is 50.2 Å². The molecule has 244 valence electrons. The van der Waals surface area contributed by atoms with E-state index in [4.69, 9.17) is 56.4 Å². The van der Waals surface area contributed by atoms with Crippen LogP contribution < -0.4 is 11.1 Å². The first kappa shape index (κ1) is 32.5. The molecule has 4 N–H and O–H groups in total. The van der Waals surface area contributed by atoms with Crippen molar-refractivity contribution in [2.75, 3.05) is 0 Å². The van der Waals surface area contributed by atoms with Crippen molar-refractivity contribution in [1.29, 1.82) is 0 Å². The smallest absolute Gasteiger partial charge is 0.256 e. The molecule has 0 saturated heterocycles. The van der Waals surface area contributed by atoms with E-state index < -0.39 is 0 Å². The van der Waals surface area contributed by atoms with Crippen LogP contribution in [0.5, 0.6) is 0 Å². The number of aromatic nitrogens is 6. The van der Waals surface area contributed by atoms with Crippen molar-refractivity contribution >= 4 is 112 Å². The summed E-state index contributed by atoms with van der Waals surface area (Å²) in [5, 5.41) is 7.39. The molecule has 4 aromatic carbocycles. The van der Waals surface area contributed by atoms with Crippen molar-refractivity contribution in [3.05, 3.63) is 101 Å². The third-order valence-corrected chi connectivity index (χ3v) is 10.0. The van der Waals surface area contributed by atoms with Crippen LogP contribution in [0.15, 0.2) is 58.4 Å². The lowest BCUT2D eigenvalue weighted by atomic mass is 9.96.